The zero-order valence-electron chi connectivity index (χ0n) is 10.4. The van der Waals surface area contributed by atoms with Crippen molar-refractivity contribution >= 4 is 23.5 Å². The third-order valence-electron chi connectivity index (χ3n) is 2.63. The molecule has 1 aromatic carbocycles. The van der Waals surface area contributed by atoms with Crippen LogP contribution in [0.2, 0.25) is 0 Å². The van der Waals surface area contributed by atoms with E-state index in [1.54, 1.807) is 0 Å². The van der Waals surface area contributed by atoms with Gasteiger partial charge in [-0.15, -0.1) is 0 Å². The first-order valence-electron chi connectivity index (χ1n) is 5.48. The molecule has 0 unspecified atom stereocenters. The number of nitriles is 1. The Balaban J connectivity index is 2.42. The Bertz CT molecular complexity index is 594. The zero-order valence-corrected chi connectivity index (χ0v) is 12.1. The lowest BCUT2D eigenvalue weighted by Crippen LogP contribution is -2.10. The summed E-state index contributed by atoms with van der Waals surface area (Å²) >= 11 is 3.05. The highest BCUT2D eigenvalue weighted by molar-refractivity contribution is 8.24. The second-order valence-corrected chi connectivity index (χ2v) is 7.34. The van der Waals surface area contributed by atoms with Gasteiger partial charge in [0, 0.05) is 9.79 Å². The first kappa shape index (κ1) is 13.1. The van der Waals surface area contributed by atoms with Gasteiger partial charge in [0.25, 0.3) is 5.70 Å². The monoisotopic (exact) mass is 272 g/mol. The summed E-state index contributed by atoms with van der Waals surface area (Å²) in [5, 5.41) is 8.90. The fraction of sp³-hybridized carbons (Fsp3) is 0.286. The zero-order chi connectivity index (χ0) is 13.3. The summed E-state index contributed by atoms with van der Waals surface area (Å²) in [5.41, 5.74) is 1.58. The molecule has 0 radical (unpaired) electrons. The molecule has 0 fully saturated rings. The molecule has 0 aliphatic carbocycles. The number of rotatable bonds is 0. The number of benzene rings is 1. The molecule has 0 bridgehead atoms. The molecule has 0 saturated carbocycles. The molecule has 0 amide bonds. The number of hydrogen-bond donors (Lipinski definition) is 0. The molecule has 1 heterocycles. The molecule has 90 valence electrons. The van der Waals surface area contributed by atoms with Crippen LogP contribution >= 0.6 is 23.5 Å². The van der Waals surface area contributed by atoms with Crippen molar-refractivity contribution in [1.29, 1.82) is 5.26 Å². The third kappa shape index (κ3) is 2.41. The van der Waals surface area contributed by atoms with Gasteiger partial charge < -0.3 is 0 Å². The van der Waals surface area contributed by atoms with Gasteiger partial charge in [-0.25, -0.2) is 10.1 Å². The fourth-order valence-corrected chi connectivity index (χ4v) is 3.95. The molecule has 0 aromatic heterocycles. The highest BCUT2D eigenvalue weighted by Crippen LogP contribution is 2.53. The quantitative estimate of drug-likeness (QED) is 0.502. The molecule has 1 aliphatic rings. The Morgan fingerprint density at radius 3 is 2.50 bits per heavy atom. The van der Waals surface area contributed by atoms with E-state index in [1.165, 1.54) is 29.1 Å². The van der Waals surface area contributed by atoms with Crippen molar-refractivity contribution in [2.45, 2.75) is 36.0 Å². The maximum atomic E-state index is 8.90. The summed E-state index contributed by atoms with van der Waals surface area (Å²) in [7, 11) is 0. The molecular weight excluding hydrogens is 260 g/mol. The first-order valence-corrected chi connectivity index (χ1v) is 7.11. The van der Waals surface area contributed by atoms with Crippen LogP contribution in [0.3, 0.4) is 0 Å². The van der Waals surface area contributed by atoms with Crippen LogP contribution in [-0.4, -0.2) is 0 Å². The van der Waals surface area contributed by atoms with Crippen molar-refractivity contribution < 1.29 is 0 Å². The second kappa shape index (κ2) is 4.72. The lowest BCUT2D eigenvalue weighted by molar-refractivity contribution is 0.588. The average molecular weight is 272 g/mol. The van der Waals surface area contributed by atoms with Crippen molar-refractivity contribution in [2.24, 2.45) is 0 Å². The van der Waals surface area contributed by atoms with Crippen molar-refractivity contribution in [1.82, 2.24) is 0 Å². The van der Waals surface area contributed by atoms with E-state index in [0.29, 0.717) is 0 Å². The van der Waals surface area contributed by atoms with Crippen LogP contribution in [0.25, 0.3) is 4.85 Å². The molecule has 2 nitrogen and oxygen atoms in total. The van der Waals surface area contributed by atoms with Crippen LogP contribution in [0.1, 0.15) is 26.3 Å². The van der Waals surface area contributed by atoms with Gasteiger partial charge in [-0.1, -0.05) is 50.4 Å². The molecule has 0 N–H and O–H groups in total. The van der Waals surface area contributed by atoms with Gasteiger partial charge >= 0.3 is 0 Å². The van der Waals surface area contributed by atoms with Gasteiger partial charge in [-0.05, 0) is 23.1 Å². The van der Waals surface area contributed by atoms with E-state index in [9.17, 15) is 0 Å². The van der Waals surface area contributed by atoms with Gasteiger partial charge in [0.15, 0.2) is 0 Å². The van der Waals surface area contributed by atoms with Gasteiger partial charge in [0.2, 0.25) is 0 Å². The van der Waals surface area contributed by atoms with Crippen LogP contribution in [0.4, 0.5) is 0 Å². The van der Waals surface area contributed by atoms with Crippen LogP contribution < -0.4 is 0 Å². The summed E-state index contributed by atoms with van der Waals surface area (Å²) in [5.74, 6) is 0. The molecule has 2 rings (SSSR count). The minimum atomic E-state index is 0.116. The van der Waals surface area contributed by atoms with Crippen LogP contribution in [-0.2, 0) is 5.41 Å². The topological polar surface area (TPSA) is 28.1 Å². The summed E-state index contributed by atoms with van der Waals surface area (Å²) in [6.45, 7) is 13.5. The van der Waals surface area contributed by atoms with Crippen LogP contribution in [0.5, 0.6) is 0 Å². The highest BCUT2D eigenvalue weighted by atomic mass is 32.2. The standard InChI is InChI=1S/C14H12N2S2/c1-14(2,3)9-5-6-11-12(7-9)18-13(17-11)10(8-15)16-4/h5-7H,1-3H3/b13-10+. The largest absolute Gasteiger partial charge is 0.282 e. The Hall–Kier alpha value is -1.36. The third-order valence-corrected chi connectivity index (χ3v) is 5.15. The van der Waals surface area contributed by atoms with Crippen molar-refractivity contribution in [2.75, 3.05) is 0 Å². The SMILES string of the molecule is [C-]#[N+]/C(C#N)=C1\Sc2ccc(C(C)(C)C)cc2S1. The van der Waals surface area contributed by atoms with Gasteiger partial charge in [0.1, 0.15) is 0 Å². The molecule has 18 heavy (non-hydrogen) atoms. The molecular formula is C14H12N2S2. The normalized spacial score (nSPS) is 16.7. The number of thioether (sulfide) groups is 2. The maximum Gasteiger partial charge on any atom is 0.282 e. The molecule has 0 spiro atoms. The summed E-state index contributed by atoms with van der Waals surface area (Å²) < 4.78 is 0.800. The lowest BCUT2D eigenvalue weighted by atomic mass is 9.87. The van der Waals surface area contributed by atoms with E-state index in [0.717, 1.165) is 14.0 Å². The minimum Gasteiger partial charge on any atom is -0.225 e. The lowest BCUT2D eigenvalue weighted by Gasteiger charge is -2.19. The summed E-state index contributed by atoms with van der Waals surface area (Å²) in [4.78, 5) is 5.56. The van der Waals surface area contributed by atoms with E-state index < -0.39 is 0 Å². The molecule has 1 aliphatic heterocycles. The van der Waals surface area contributed by atoms with Crippen molar-refractivity contribution in [3.8, 4) is 6.07 Å². The molecule has 1 aromatic rings. The van der Waals surface area contributed by atoms with Gasteiger partial charge in [-0.3, -0.25) is 0 Å². The Labute approximate surface area is 116 Å². The smallest absolute Gasteiger partial charge is 0.225 e. The Morgan fingerprint density at radius 2 is 1.94 bits per heavy atom. The van der Waals surface area contributed by atoms with E-state index in [4.69, 9.17) is 11.8 Å². The number of nitrogens with zero attached hydrogens (tertiary/aromatic N) is 2. The van der Waals surface area contributed by atoms with Crippen molar-refractivity contribution in [3.05, 3.63) is 45.1 Å². The first-order chi connectivity index (χ1) is 8.45. The van der Waals surface area contributed by atoms with Gasteiger partial charge in [0.05, 0.1) is 16.9 Å². The maximum absolute atomic E-state index is 8.90. The van der Waals surface area contributed by atoms with E-state index >= 15 is 0 Å². The predicted octanol–water partition coefficient (Wildman–Crippen LogP) is 4.79. The summed E-state index contributed by atoms with van der Waals surface area (Å²) in [6.07, 6.45) is 0. The predicted molar refractivity (Wildman–Crippen MR) is 76.1 cm³/mol. The highest BCUT2D eigenvalue weighted by Gasteiger charge is 2.23. The minimum absolute atomic E-state index is 0.116. The fourth-order valence-electron chi connectivity index (χ4n) is 1.57. The van der Waals surface area contributed by atoms with Crippen LogP contribution in [0, 0.1) is 17.9 Å². The second-order valence-electron chi connectivity index (χ2n) is 4.98. The number of hydrogen-bond acceptors (Lipinski definition) is 3. The molecule has 0 atom stereocenters. The van der Waals surface area contributed by atoms with Gasteiger partial charge in [-0.2, -0.15) is 0 Å². The van der Waals surface area contributed by atoms with Crippen molar-refractivity contribution in [3.63, 3.8) is 0 Å². The van der Waals surface area contributed by atoms with Crippen LogP contribution in [0.15, 0.2) is 37.9 Å². The number of fused-ring (bicyclic) bond motifs is 1. The average Bonchev–Trinajstić information content (AvgIpc) is 2.71. The number of allylic oxidation sites excluding steroid dienone is 1. The summed E-state index contributed by atoms with van der Waals surface area (Å²) in [6, 6.07) is 8.33. The Kier molecular flexibility index (Phi) is 3.43. The Morgan fingerprint density at radius 1 is 1.28 bits per heavy atom. The molecule has 4 heteroatoms. The van der Waals surface area contributed by atoms with E-state index in [1.807, 2.05) is 6.07 Å². The van der Waals surface area contributed by atoms with E-state index in [2.05, 4.69) is 43.8 Å². The molecule has 0 saturated heterocycles. The van der Waals surface area contributed by atoms with E-state index in [-0.39, 0.29) is 11.1 Å².